The first kappa shape index (κ1) is 15.3. The molecule has 0 atom stereocenters. The summed E-state index contributed by atoms with van der Waals surface area (Å²) >= 11 is 4.98. The molecule has 1 aliphatic rings. The van der Waals surface area contributed by atoms with Gasteiger partial charge < -0.3 is 14.2 Å². The number of fused-ring (bicyclic) bond motifs is 1. The van der Waals surface area contributed by atoms with Gasteiger partial charge >= 0.3 is 5.97 Å². The Kier molecular flexibility index (Phi) is 4.94. The van der Waals surface area contributed by atoms with Crippen LogP contribution in [0.2, 0.25) is 0 Å². The summed E-state index contributed by atoms with van der Waals surface area (Å²) in [6.45, 7) is 1.28. The summed E-state index contributed by atoms with van der Waals surface area (Å²) in [5.41, 5.74) is 3.53. The molecule has 0 saturated heterocycles. The van der Waals surface area contributed by atoms with Crippen molar-refractivity contribution in [2.24, 2.45) is 0 Å². The van der Waals surface area contributed by atoms with Crippen LogP contribution in [0.25, 0.3) is 0 Å². The van der Waals surface area contributed by atoms with Crippen LogP contribution in [0.1, 0.15) is 17.7 Å². The summed E-state index contributed by atoms with van der Waals surface area (Å²) in [4.78, 5) is 15.9. The zero-order valence-electron chi connectivity index (χ0n) is 11.7. The van der Waals surface area contributed by atoms with Crippen molar-refractivity contribution < 1.29 is 19.0 Å². The highest BCUT2D eigenvalue weighted by Crippen LogP contribution is 2.35. The standard InChI is InChI=1S/C15H14BrNO4S/c16-12-6-14-13(19-3-4-20-14)5-10(12)7-21-15(18)2-1-11-8-22-9-17-11/h5-6,8-9H,1-4,7H2. The third-order valence-electron chi connectivity index (χ3n) is 3.17. The third kappa shape index (κ3) is 3.78. The van der Waals surface area contributed by atoms with Gasteiger partial charge in [0.2, 0.25) is 0 Å². The monoisotopic (exact) mass is 383 g/mol. The second-order valence-electron chi connectivity index (χ2n) is 4.73. The van der Waals surface area contributed by atoms with Gasteiger partial charge in [0.25, 0.3) is 0 Å². The second kappa shape index (κ2) is 7.11. The molecule has 5 nitrogen and oxygen atoms in total. The minimum absolute atomic E-state index is 0.202. The van der Waals surface area contributed by atoms with Gasteiger partial charge in [-0.25, -0.2) is 4.98 Å². The van der Waals surface area contributed by atoms with Crippen LogP contribution in [0, 0.1) is 0 Å². The van der Waals surface area contributed by atoms with E-state index in [-0.39, 0.29) is 12.6 Å². The second-order valence-corrected chi connectivity index (χ2v) is 6.30. The number of aryl methyl sites for hydroxylation is 1. The molecule has 1 aliphatic heterocycles. The minimum atomic E-state index is -0.241. The third-order valence-corrected chi connectivity index (χ3v) is 4.54. The number of halogens is 1. The van der Waals surface area contributed by atoms with Crippen molar-refractivity contribution in [1.29, 1.82) is 0 Å². The number of nitrogens with zero attached hydrogens (tertiary/aromatic N) is 1. The minimum Gasteiger partial charge on any atom is -0.486 e. The molecule has 0 bridgehead atoms. The molecule has 22 heavy (non-hydrogen) atoms. The Labute approximate surface area is 140 Å². The summed E-state index contributed by atoms with van der Waals surface area (Å²) < 4.78 is 17.2. The zero-order chi connectivity index (χ0) is 15.4. The highest BCUT2D eigenvalue weighted by molar-refractivity contribution is 9.10. The Morgan fingerprint density at radius 1 is 1.32 bits per heavy atom. The summed E-state index contributed by atoms with van der Waals surface area (Å²) in [6.07, 6.45) is 0.927. The summed E-state index contributed by atoms with van der Waals surface area (Å²) in [5, 5.41) is 1.94. The van der Waals surface area contributed by atoms with Crippen LogP contribution in [-0.2, 0) is 22.6 Å². The number of ether oxygens (including phenoxy) is 3. The largest absolute Gasteiger partial charge is 0.486 e. The van der Waals surface area contributed by atoms with E-state index >= 15 is 0 Å². The van der Waals surface area contributed by atoms with Gasteiger partial charge in [-0.2, -0.15) is 0 Å². The quantitative estimate of drug-likeness (QED) is 0.740. The molecule has 2 heterocycles. The maximum Gasteiger partial charge on any atom is 0.306 e. The van der Waals surface area contributed by atoms with Crippen LogP contribution in [0.3, 0.4) is 0 Å². The molecule has 0 amide bonds. The summed E-state index contributed by atoms with van der Waals surface area (Å²) in [7, 11) is 0. The van der Waals surface area contributed by atoms with Gasteiger partial charge in [0.15, 0.2) is 11.5 Å². The average molecular weight is 384 g/mol. The van der Waals surface area contributed by atoms with Gasteiger partial charge in [0.05, 0.1) is 17.6 Å². The fraction of sp³-hybridized carbons (Fsp3) is 0.333. The number of hydrogen-bond acceptors (Lipinski definition) is 6. The first-order valence-corrected chi connectivity index (χ1v) is 8.56. The van der Waals surface area contributed by atoms with E-state index in [1.165, 1.54) is 11.3 Å². The molecule has 0 saturated carbocycles. The smallest absolute Gasteiger partial charge is 0.306 e. The van der Waals surface area contributed by atoms with Crippen LogP contribution >= 0.6 is 27.3 Å². The molecule has 0 fully saturated rings. The first-order chi connectivity index (χ1) is 10.7. The average Bonchev–Trinajstić information content (AvgIpc) is 3.04. The number of hydrogen-bond donors (Lipinski definition) is 0. The van der Waals surface area contributed by atoms with Crippen LogP contribution in [0.4, 0.5) is 0 Å². The van der Waals surface area contributed by atoms with E-state index < -0.39 is 0 Å². The van der Waals surface area contributed by atoms with Gasteiger partial charge in [-0.05, 0) is 12.1 Å². The Hall–Kier alpha value is -1.60. The molecule has 1 aromatic heterocycles. The zero-order valence-corrected chi connectivity index (χ0v) is 14.1. The Bertz CT molecular complexity index is 660. The van der Waals surface area contributed by atoms with E-state index in [0.29, 0.717) is 37.6 Å². The SMILES string of the molecule is O=C(CCc1cscn1)OCc1cc2c(cc1Br)OCCO2. The van der Waals surface area contributed by atoms with E-state index in [2.05, 4.69) is 20.9 Å². The van der Waals surface area contributed by atoms with Crippen molar-refractivity contribution >= 4 is 33.2 Å². The molecular weight excluding hydrogens is 370 g/mol. The normalized spacial score (nSPS) is 13.0. The molecule has 0 unspecified atom stereocenters. The molecule has 3 rings (SSSR count). The van der Waals surface area contributed by atoms with E-state index in [0.717, 1.165) is 15.7 Å². The Morgan fingerprint density at radius 2 is 2.09 bits per heavy atom. The highest BCUT2D eigenvalue weighted by atomic mass is 79.9. The number of aromatic nitrogens is 1. The van der Waals surface area contributed by atoms with Crippen molar-refractivity contribution in [3.63, 3.8) is 0 Å². The molecule has 0 aliphatic carbocycles. The highest BCUT2D eigenvalue weighted by Gasteiger charge is 2.16. The van der Waals surface area contributed by atoms with Crippen LogP contribution in [-0.4, -0.2) is 24.2 Å². The summed E-state index contributed by atoms with van der Waals surface area (Å²) in [6, 6.07) is 3.68. The van der Waals surface area contributed by atoms with Crippen molar-refractivity contribution in [3.8, 4) is 11.5 Å². The molecule has 7 heteroatoms. The van der Waals surface area contributed by atoms with Gasteiger partial charge in [0, 0.05) is 21.8 Å². The van der Waals surface area contributed by atoms with Crippen LogP contribution in [0.5, 0.6) is 11.5 Å². The van der Waals surface area contributed by atoms with E-state index in [9.17, 15) is 4.79 Å². The molecule has 2 aromatic rings. The molecule has 116 valence electrons. The predicted octanol–water partition coefficient (Wildman–Crippen LogP) is 3.35. The van der Waals surface area contributed by atoms with Crippen molar-refractivity contribution in [1.82, 2.24) is 4.98 Å². The predicted molar refractivity (Wildman–Crippen MR) is 85.4 cm³/mol. The molecule has 0 spiro atoms. The fourth-order valence-electron chi connectivity index (χ4n) is 2.04. The van der Waals surface area contributed by atoms with E-state index in [1.807, 2.05) is 17.5 Å². The van der Waals surface area contributed by atoms with Crippen molar-refractivity contribution in [3.05, 3.63) is 38.8 Å². The van der Waals surface area contributed by atoms with Crippen molar-refractivity contribution in [2.75, 3.05) is 13.2 Å². The number of esters is 1. The Morgan fingerprint density at radius 3 is 2.82 bits per heavy atom. The lowest BCUT2D eigenvalue weighted by molar-refractivity contribution is -0.144. The Balaban J connectivity index is 1.55. The van der Waals surface area contributed by atoms with Crippen molar-refractivity contribution in [2.45, 2.75) is 19.4 Å². The molecule has 1 aromatic carbocycles. The summed E-state index contributed by atoms with van der Waals surface area (Å²) in [5.74, 6) is 1.15. The number of benzene rings is 1. The topological polar surface area (TPSA) is 57.7 Å². The van der Waals surface area contributed by atoms with Crippen LogP contribution in [0.15, 0.2) is 27.5 Å². The van der Waals surface area contributed by atoms with Gasteiger partial charge in [0.1, 0.15) is 19.8 Å². The lowest BCUT2D eigenvalue weighted by atomic mass is 10.2. The number of carbonyl (C=O) groups excluding carboxylic acids is 1. The maximum absolute atomic E-state index is 11.8. The molecular formula is C15H14BrNO4S. The lowest BCUT2D eigenvalue weighted by Gasteiger charge is -2.19. The lowest BCUT2D eigenvalue weighted by Crippen LogP contribution is -2.15. The van der Waals surface area contributed by atoms with E-state index in [1.54, 1.807) is 5.51 Å². The molecule has 0 N–H and O–H groups in total. The maximum atomic E-state index is 11.8. The van der Waals surface area contributed by atoms with Gasteiger partial charge in [-0.1, -0.05) is 15.9 Å². The number of rotatable bonds is 5. The number of carbonyl (C=O) groups is 1. The van der Waals surface area contributed by atoms with E-state index in [4.69, 9.17) is 14.2 Å². The molecule has 0 radical (unpaired) electrons. The number of thiazole rings is 1. The van der Waals surface area contributed by atoms with Crippen LogP contribution < -0.4 is 9.47 Å². The first-order valence-electron chi connectivity index (χ1n) is 6.83. The fourth-order valence-corrected chi connectivity index (χ4v) is 3.07. The van der Waals surface area contributed by atoms with Gasteiger partial charge in [-0.15, -0.1) is 11.3 Å². The van der Waals surface area contributed by atoms with Gasteiger partial charge in [-0.3, -0.25) is 4.79 Å².